The first-order valence-electron chi connectivity index (χ1n) is 3.95. The van der Waals surface area contributed by atoms with E-state index in [4.69, 9.17) is 10.8 Å². The fourth-order valence-electron chi connectivity index (χ4n) is 1.04. The lowest BCUT2D eigenvalue weighted by Gasteiger charge is -2.15. The van der Waals surface area contributed by atoms with E-state index < -0.39 is 23.9 Å². The number of halogens is 1. The maximum absolute atomic E-state index is 13.1. The number of carbonyl (C=O) groups is 1. The van der Waals surface area contributed by atoms with E-state index in [9.17, 15) is 14.3 Å². The zero-order valence-electron chi connectivity index (χ0n) is 7.22. The maximum atomic E-state index is 13.1. The summed E-state index contributed by atoms with van der Waals surface area (Å²) >= 11 is 0. The Hall–Kier alpha value is -1.46. The second kappa shape index (κ2) is 4.17. The van der Waals surface area contributed by atoms with Crippen LogP contribution in [0.5, 0.6) is 0 Å². The van der Waals surface area contributed by atoms with E-state index in [0.717, 1.165) is 6.07 Å². The van der Waals surface area contributed by atoms with E-state index >= 15 is 0 Å². The number of hydrogen-bond donors (Lipinski definition) is 3. The van der Waals surface area contributed by atoms with Crippen LogP contribution < -0.4 is 5.73 Å². The first kappa shape index (κ1) is 10.6. The van der Waals surface area contributed by atoms with Gasteiger partial charge in [0, 0.05) is 5.56 Å². The van der Waals surface area contributed by atoms with Gasteiger partial charge in [-0.1, -0.05) is 18.2 Å². The molecule has 0 bridgehead atoms. The van der Waals surface area contributed by atoms with Crippen LogP contribution in [0.4, 0.5) is 4.39 Å². The Morgan fingerprint density at radius 1 is 1.43 bits per heavy atom. The Kier molecular flexibility index (Phi) is 3.16. The Morgan fingerprint density at radius 2 is 2.00 bits per heavy atom. The van der Waals surface area contributed by atoms with Crippen LogP contribution in [0.3, 0.4) is 0 Å². The van der Waals surface area contributed by atoms with Crippen molar-refractivity contribution in [3.63, 3.8) is 0 Å². The fraction of sp³-hybridized carbons (Fsp3) is 0.222. The fourth-order valence-corrected chi connectivity index (χ4v) is 1.04. The molecule has 76 valence electrons. The molecule has 1 rings (SSSR count). The second-order valence-corrected chi connectivity index (χ2v) is 2.83. The highest BCUT2D eigenvalue weighted by Gasteiger charge is 2.25. The molecule has 0 aliphatic carbocycles. The van der Waals surface area contributed by atoms with Crippen molar-refractivity contribution in [1.29, 1.82) is 0 Å². The highest BCUT2D eigenvalue weighted by atomic mass is 19.1. The number of aliphatic hydroxyl groups is 1. The molecule has 4 nitrogen and oxygen atoms in total. The molecule has 0 aromatic heterocycles. The molecule has 0 spiro atoms. The number of benzene rings is 1. The summed E-state index contributed by atoms with van der Waals surface area (Å²) < 4.78 is 13.1. The molecule has 0 unspecified atom stereocenters. The zero-order valence-corrected chi connectivity index (χ0v) is 7.22. The molecule has 2 atom stereocenters. The van der Waals surface area contributed by atoms with Gasteiger partial charge in [-0.2, -0.15) is 0 Å². The van der Waals surface area contributed by atoms with Crippen LogP contribution >= 0.6 is 0 Å². The molecule has 0 radical (unpaired) electrons. The van der Waals surface area contributed by atoms with E-state index in [-0.39, 0.29) is 5.56 Å². The molecule has 0 fully saturated rings. The van der Waals surface area contributed by atoms with Crippen molar-refractivity contribution in [1.82, 2.24) is 0 Å². The third-order valence-electron chi connectivity index (χ3n) is 1.85. The molecule has 0 saturated heterocycles. The quantitative estimate of drug-likeness (QED) is 0.652. The van der Waals surface area contributed by atoms with Gasteiger partial charge >= 0.3 is 5.97 Å². The molecular weight excluding hydrogens is 189 g/mol. The minimum atomic E-state index is -1.53. The Labute approximate surface area is 79.8 Å². The number of hydrogen-bond acceptors (Lipinski definition) is 3. The van der Waals surface area contributed by atoms with Gasteiger partial charge in [0.1, 0.15) is 18.0 Å². The number of carboxylic acid groups (broad SMARTS) is 1. The Balaban J connectivity index is 2.94. The largest absolute Gasteiger partial charge is 0.480 e. The zero-order chi connectivity index (χ0) is 10.7. The molecule has 0 amide bonds. The van der Waals surface area contributed by atoms with E-state index in [1.165, 1.54) is 18.2 Å². The molecule has 1 aromatic carbocycles. The summed E-state index contributed by atoms with van der Waals surface area (Å²) in [6.07, 6.45) is -1.53. The first-order chi connectivity index (χ1) is 6.54. The minimum absolute atomic E-state index is 0.109. The van der Waals surface area contributed by atoms with Gasteiger partial charge in [-0.3, -0.25) is 4.79 Å². The number of nitrogens with two attached hydrogens (primary N) is 1. The van der Waals surface area contributed by atoms with Crippen molar-refractivity contribution >= 4 is 5.97 Å². The van der Waals surface area contributed by atoms with Crippen LogP contribution in [0.25, 0.3) is 0 Å². The van der Waals surface area contributed by atoms with Crippen LogP contribution in [0.1, 0.15) is 11.7 Å². The van der Waals surface area contributed by atoms with Crippen molar-refractivity contribution in [2.24, 2.45) is 5.73 Å². The monoisotopic (exact) mass is 199 g/mol. The minimum Gasteiger partial charge on any atom is -0.480 e. The normalized spacial score (nSPS) is 14.8. The Bertz CT molecular complexity index is 343. The highest BCUT2D eigenvalue weighted by molar-refractivity contribution is 5.74. The van der Waals surface area contributed by atoms with E-state index in [2.05, 4.69) is 0 Å². The van der Waals surface area contributed by atoms with Gasteiger partial charge in [0.2, 0.25) is 0 Å². The van der Waals surface area contributed by atoms with Crippen molar-refractivity contribution in [3.8, 4) is 0 Å². The van der Waals surface area contributed by atoms with Crippen LogP contribution in [0.15, 0.2) is 24.3 Å². The van der Waals surface area contributed by atoms with Gasteiger partial charge in [-0.05, 0) is 6.07 Å². The third kappa shape index (κ3) is 2.07. The molecule has 4 N–H and O–H groups in total. The molecule has 14 heavy (non-hydrogen) atoms. The SMILES string of the molecule is N[C@@H](C(=O)O)[C@H](O)c1ccccc1F. The highest BCUT2D eigenvalue weighted by Crippen LogP contribution is 2.18. The maximum Gasteiger partial charge on any atom is 0.323 e. The van der Waals surface area contributed by atoms with Crippen molar-refractivity contribution in [2.45, 2.75) is 12.1 Å². The summed E-state index contributed by atoms with van der Waals surface area (Å²) in [5, 5.41) is 17.9. The second-order valence-electron chi connectivity index (χ2n) is 2.83. The lowest BCUT2D eigenvalue weighted by molar-refractivity contribution is -0.141. The Morgan fingerprint density at radius 3 is 2.50 bits per heavy atom. The van der Waals surface area contributed by atoms with Gasteiger partial charge in [-0.25, -0.2) is 4.39 Å². The van der Waals surface area contributed by atoms with E-state index in [0.29, 0.717) is 0 Å². The van der Waals surface area contributed by atoms with Crippen molar-refractivity contribution < 1.29 is 19.4 Å². The van der Waals surface area contributed by atoms with Crippen molar-refractivity contribution in [2.75, 3.05) is 0 Å². The average molecular weight is 199 g/mol. The molecule has 0 heterocycles. The average Bonchev–Trinajstić information content (AvgIpc) is 2.16. The lowest BCUT2D eigenvalue weighted by Crippen LogP contribution is -2.36. The summed E-state index contributed by atoms with van der Waals surface area (Å²) in [7, 11) is 0. The van der Waals surface area contributed by atoms with Gasteiger partial charge in [0.15, 0.2) is 0 Å². The lowest BCUT2D eigenvalue weighted by atomic mass is 10.0. The van der Waals surface area contributed by atoms with Crippen molar-refractivity contribution in [3.05, 3.63) is 35.6 Å². The summed E-state index contributed by atoms with van der Waals surface area (Å²) in [6.45, 7) is 0. The molecule has 0 aliphatic rings. The van der Waals surface area contributed by atoms with Gasteiger partial charge in [0.25, 0.3) is 0 Å². The van der Waals surface area contributed by atoms with Gasteiger partial charge in [0.05, 0.1) is 0 Å². The van der Waals surface area contributed by atoms with Gasteiger partial charge < -0.3 is 15.9 Å². The van der Waals surface area contributed by atoms with E-state index in [1.54, 1.807) is 0 Å². The topological polar surface area (TPSA) is 83.6 Å². The summed E-state index contributed by atoms with van der Waals surface area (Å²) in [5.41, 5.74) is 5.04. The summed E-state index contributed by atoms with van der Waals surface area (Å²) in [6, 6.07) is 3.84. The number of rotatable bonds is 3. The first-order valence-corrected chi connectivity index (χ1v) is 3.95. The predicted octanol–water partition coefficient (Wildman–Crippen LogP) is 0.271. The molecular formula is C9H10FNO3. The third-order valence-corrected chi connectivity index (χ3v) is 1.85. The van der Waals surface area contributed by atoms with Crippen LogP contribution in [0.2, 0.25) is 0 Å². The molecule has 1 aromatic rings. The number of carboxylic acids is 1. The number of aliphatic hydroxyl groups excluding tert-OH is 1. The van der Waals surface area contributed by atoms with Crippen LogP contribution in [-0.4, -0.2) is 22.2 Å². The standard InChI is InChI=1S/C9H10FNO3/c10-6-4-2-1-3-5(6)8(12)7(11)9(13)14/h1-4,7-8,12H,11H2,(H,13,14)/t7-,8-/m1/s1. The molecule has 0 aliphatic heterocycles. The predicted molar refractivity (Wildman–Crippen MR) is 47.0 cm³/mol. The number of aliphatic carboxylic acids is 1. The van der Waals surface area contributed by atoms with Crippen LogP contribution in [-0.2, 0) is 4.79 Å². The molecule has 5 heteroatoms. The summed E-state index contributed by atoms with van der Waals surface area (Å²) in [4.78, 5) is 10.4. The van der Waals surface area contributed by atoms with E-state index in [1.807, 2.05) is 0 Å². The van der Waals surface area contributed by atoms with Crippen LogP contribution in [0, 0.1) is 5.82 Å². The summed E-state index contributed by atoms with van der Waals surface area (Å²) in [5.74, 6) is -2.04. The molecule has 0 saturated carbocycles. The van der Waals surface area contributed by atoms with Gasteiger partial charge in [-0.15, -0.1) is 0 Å². The smallest absolute Gasteiger partial charge is 0.323 e.